The summed E-state index contributed by atoms with van der Waals surface area (Å²) in [5, 5.41) is 5.43. The van der Waals surface area contributed by atoms with Crippen LogP contribution in [0.15, 0.2) is 24.4 Å². The normalized spacial score (nSPS) is 11.2. The van der Waals surface area contributed by atoms with Crippen molar-refractivity contribution in [3.8, 4) is 0 Å². The molecule has 0 saturated heterocycles. The molecule has 0 amide bonds. The van der Waals surface area contributed by atoms with Gasteiger partial charge in [0.1, 0.15) is 0 Å². The lowest BCUT2D eigenvalue weighted by atomic mass is 10.2. The van der Waals surface area contributed by atoms with E-state index in [0.717, 1.165) is 29.7 Å². The minimum absolute atomic E-state index is 0.622. The summed E-state index contributed by atoms with van der Waals surface area (Å²) in [4.78, 5) is 0. The lowest BCUT2D eigenvalue weighted by Crippen LogP contribution is -2.10. The number of fused-ring (bicyclic) bond motifs is 1. The van der Waals surface area contributed by atoms with Gasteiger partial charge in [0, 0.05) is 23.9 Å². The van der Waals surface area contributed by atoms with Gasteiger partial charge in [0.05, 0.1) is 31.9 Å². The molecule has 0 atom stereocenters. The van der Waals surface area contributed by atoms with Gasteiger partial charge in [-0.3, -0.25) is 4.68 Å². The second kappa shape index (κ2) is 6.37. The predicted molar refractivity (Wildman–Crippen MR) is 71.5 cm³/mol. The van der Waals surface area contributed by atoms with Gasteiger partial charge in [-0.15, -0.1) is 0 Å². The highest BCUT2D eigenvalue weighted by Gasteiger charge is 2.02. The molecule has 1 heterocycles. The van der Waals surface area contributed by atoms with Crippen molar-refractivity contribution < 1.29 is 9.47 Å². The zero-order valence-corrected chi connectivity index (χ0v) is 10.6. The standard InChI is InChI=1S/C13H19N3O2/c1-2-17-8-9-18-7-6-16-10-11-12(14)4-3-5-13(11)15-16/h3-5,10H,2,6-9,14H2,1H3. The summed E-state index contributed by atoms with van der Waals surface area (Å²) in [7, 11) is 0. The molecule has 2 N–H and O–H groups in total. The number of nitrogens with two attached hydrogens (primary N) is 1. The minimum atomic E-state index is 0.622. The lowest BCUT2D eigenvalue weighted by molar-refractivity contribution is 0.0488. The first-order valence-corrected chi connectivity index (χ1v) is 6.18. The van der Waals surface area contributed by atoms with Crippen LogP contribution in [0.25, 0.3) is 10.9 Å². The molecule has 2 aromatic rings. The maximum atomic E-state index is 5.88. The van der Waals surface area contributed by atoms with Gasteiger partial charge in [0.15, 0.2) is 0 Å². The van der Waals surface area contributed by atoms with E-state index in [-0.39, 0.29) is 0 Å². The maximum absolute atomic E-state index is 5.88. The van der Waals surface area contributed by atoms with E-state index >= 15 is 0 Å². The van der Waals surface area contributed by atoms with Gasteiger partial charge in [0.2, 0.25) is 0 Å². The number of benzene rings is 1. The summed E-state index contributed by atoms with van der Waals surface area (Å²) in [5.41, 5.74) is 7.56. The number of aromatic nitrogens is 2. The Morgan fingerprint density at radius 2 is 2.06 bits per heavy atom. The number of rotatable bonds is 7. The van der Waals surface area contributed by atoms with Gasteiger partial charge < -0.3 is 15.2 Å². The van der Waals surface area contributed by atoms with Crippen LogP contribution >= 0.6 is 0 Å². The Labute approximate surface area is 106 Å². The molecule has 2 rings (SSSR count). The van der Waals surface area contributed by atoms with Crippen LogP contribution in [-0.4, -0.2) is 36.2 Å². The summed E-state index contributed by atoms with van der Waals surface area (Å²) in [6, 6.07) is 5.75. The Kier molecular flexibility index (Phi) is 4.55. The zero-order chi connectivity index (χ0) is 12.8. The molecule has 1 aromatic heterocycles. The predicted octanol–water partition coefficient (Wildman–Crippen LogP) is 1.67. The van der Waals surface area contributed by atoms with E-state index in [9.17, 15) is 0 Å². The van der Waals surface area contributed by atoms with Crippen LogP contribution in [0.4, 0.5) is 5.69 Å². The summed E-state index contributed by atoms with van der Waals surface area (Å²) in [5.74, 6) is 0. The first kappa shape index (κ1) is 12.9. The first-order valence-electron chi connectivity index (χ1n) is 6.18. The molecule has 98 valence electrons. The fourth-order valence-electron chi connectivity index (χ4n) is 1.75. The molecule has 0 unspecified atom stereocenters. The Balaban J connectivity index is 1.83. The zero-order valence-electron chi connectivity index (χ0n) is 10.6. The number of nitrogens with zero attached hydrogens (tertiary/aromatic N) is 2. The van der Waals surface area contributed by atoms with E-state index in [4.69, 9.17) is 15.2 Å². The van der Waals surface area contributed by atoms with Gasteiger partial charge in [-0.05, 0) is 19.1 Å². The van der Waals surface area contributed by atoms with Crippen molar-refractivity contribution >= 4 is 16.6 Å². The average Bonchev–Trinajstić information content (AvgIpc) is 2.78. The summed E-state index contributed by atoms with van der Waals surface area (Å²) in [6.45, 7) is 5.31. The van der Waals surface area contributed by atoms with E-state index in [2.05, 4.69) is 5.10 Å². The van der Waals surface area contributed by atoms with Crippen molar-refractivity contribution in [2.24, 2.45) is 0 Å². The van der Waals surface area contributed by atoms with Crippen LogP contribution in [-0.2, 0) is 16.0 Å². The van der Waals surface area contributed by atoms with Crippen molar-refractivity contribution in [1.29, 1.82) is 0 Å². The summed E-state index contributed by atoms with van der Waals surface area (Å²) in [6.07, 6.45) is 1.95. The third kappa shape index (κ3) is 3.21. The quantitative estimate of drug-likeness (QED) is 0.599. The van der Waals surface area contributed by atoms with Crippen LogP contribution < -0.4 is 5.73 Å². The van der Waals surface area contributed by atoms with Gasteiger partial charge in [-0.25, -0.2) is 0 Å². The SMILES string of the molecule is CCOCCOCCn1cc2c(N)cccc2n1. The van der Waals surface area contributed by atoms with E-state index < -0.39 is 0 Å². The Bertz CT molecular complexity index is 496. The topological polar surface area (TPSA) is 62.3 Å². The molecule has 0 fully saturated rings. The van der Waals surface area contributed by atoms with E-state index in [1.807, 2.05) is 36.0 Å². The fraction of sp³-hybridized carbons (Fsp3) is 0.462. The van der Waals surface area contributed by atoms with Crippen LogP contribution in [0.5, 0.6) is 0 Å². The minimum Gasteiger partial charge on any atom is -0.398 e. The summed E-state index contributed by atoms with van der Waals surface area (Å²) >= 11 is 0. The molecule has 1 aromatic carbocycles. The average molecular weight is 249 g/mol. The van der Waals surface area contributed by atoms with E-state index in [0.29, 0.717) is 19.8 Å². The Morgan fingerprint density at radius 1 is 1.22 bits per heavy atom. The van der Waals surface area contributed by atoms with Crippen LogP contribution in [0.2, 0.25) is 0 Å². The number of ether oxygens (including phenoxy) is 2. The van der Waals surface area contributed by atoms with E-state index in [1.165, 1.54) is 0 Å². The van der Waals surface area contributed by atoms with Gasteiger partial charge in [0.25, 0.3) is 0 Å². The highest BCUT2D eigenvalue weighted by molar-refractivity contribution is 5.89. The third-order valence-electron chi connectivity index (χ3n) is 2.67. The van der Waals surface area contributed by atoms with Crippen molar-refractivity contribution in [2.75, 3.05) is 32.2 Å². The van der Waals surface area contributed by atoms with Crippen molar-refractivity contribution in [3.63, 3.8) is 0 Å². The maximum Gasteiger partial charge on any atom is 0.0944 e. The molecule has 0 aliphatic carbocycles. The first-order chi connectivity index (χ1) is 8.81. The molecular weight excluding hydrogens is 230 g/mol. The van der Waals surface area contributed by atoms with Gasteiger partial charge in [-0.2, -0.15) is 5.10 Å². The molecule has 0 radical (unpaired) electrons. The second-order valence-electron chi connectivity index (χ2n) is 3.98. The van der Waals surface area contributed by atoms with Crippen molar-refractivity contribution in [1.82, 2.24) is 9.78 Å². The fourth-order valence-corrected chi connectivity index (χ4v) is 1.75. The molecule has 0 bridgehead atoms. The number of hydrogen-bond donors (Lipinski definition) is 1. The van der Waals surface area contributed by atoms with Crippen molar-refractivity contribution in [3.05, 3.63) is 24.4 Å². The van der Waals surface area contributed by atoms with Crippen molar-refractivity contribution in [2.45, 2.75) is 13.5 Å². The van der Waals surface area contributed by atoms with Gasteiger partial charge in [-0.1, -0.05) is 6.07 Å². The molecule has 5 nitrogen and oxygen atoms in total. The second-order valence-corrected chi connectivity index (χ2v) is 3.98. The van der Waals surface area contributed by atoms with Crippen LogP contribution in [0, 0.1) is 0 Å². The number of nitrogen functional groups attached to an aromatic ring is 1. The molecule has 0 aliphatic rings. The summed E-state index contributed by atoms with van der Waals surface area (Å²) < 4.78 is 12.5. The third-order valence-corrected chi connectivity index (χ3v) is 2.67. The highest BCUT2D eigenvalue weighted by atomic mass is 16.5. The largest absolute Gasteiger partial charge is 0.398 e. The monoisotopic (exact) mass is 249 g/mol. The van der Waals surface area contributed by atoms with Crippen LogP contribution in [0.1, 0.15) is 6.92 Å². The number of hydrogen-bond acceptors (Lipinski definition) is 4. The van der Waals surface area contributed by atoms with E-state index in [1.54, 1.807) is 0 Å². The van der Waals surface area contributed by atoms with Crippen LogP contribution in [0.3, 0.4) is 0 Å². The smallest absolute Gasteiger partial charge is 0.0944 e. The molecule has 0 spiro atoms. The lowest BCUT2D eigenvalue weighted by Gasteiger charge is -2.04. The molecular formula is C13H19N3O2. The Hall–Kier alpha value is -1.59. The molecule has 0 aliphatic heterocycles. The Morgan fingerprint density at radius 3 is 2.83 bits per heavy atom. The number of anilines is 1. The molecule has 5 heteroatoms. The van der Waals surface area contributed by atoms with Gasteiger partial charge >= 0.3 is 0 Å². The highest BCUT2D eigenvalue weighted by Crippen LogP contribution is 2.18. The molecule has 0 saturated carbocycles. The molecule has 18 heavy (non-hydrogen) atoms.